The SMILES string of the molecule is O=C(/C=C/c1cccc([N+](=O)[O-])c1)NC(=S)Nc1ccccc1C(=O)N1CCCC1. The Morgan fingerprint density at radius 3 is 2.57 bits per heavy atom. The van der Waals surface area contributed by atoms with Gasteiger partial charge in [0.15, 0.2) is 5.11 Å². The van der Waals surface area contributed by atoms with Gasteiger partial charge in [-0.25, -0.2) is 0 Å². The number of nitrogens with one attached hydrogen (secondary N) is 2. The summed E-state index contributed by atoms with van der Waals surface area (Å²) in [6.45, 7) is 1.47. The lowest BCUT2D eigenvalue weighted by Crippen LogP contribution is -2.34. The van der Waals surface area contributed by atoms with Crippen LogP contribution in [0.4, 0.5) is 11.4 Å². The lowest BCUT2D eigenvalue weighted by atomic mass is 10.1. The maximum Gasteiger partial charge on any atom is 0.270 e. The first-order valence-electron chi connectivity index (χ1n) is 9.37. The summed E-state index contributed by atoms with van der Waals surface area (Å²) in [4.78, 5) is 36.9. The van der Waals surface area contributed by atoms with Gasteiger partial charge < -0.3 is 10.2 Å². The first-order chi connectivity index (χ1) is 14.4. The number of nitro groups is 1. The molecule has 0 bridgehead atoms. The number of rotatable bonds is 5. The molecule has 9 heteroatoms. The van der Waals surface area contributed by atoms with E-state index in [-0.39, 0.29) is 16.7 Å². The summed E-state index contributed by atoms with van der Waals surface area (Å²) in [5.74, 6) is -0.572. The molecule has 30 heavy (non-hydrogen) atoms. The van der Waals surface area contributed by atoms with E-state index < -0.39 is 10.8 Å². The fourth-order valence-electron chi connectivity index (χ4n) is 3.09. The molecule has 154 valence electrons. The highest BCUT2D eigenvalue weighted by Crippen LogP contribution is 2.20. The van der Waals surface area contributed by atoms with Crippen LogP contribution in [0.3, 0.4) is 0 Å². The summed E-state index contributed by atoms with van der Waals surface area (Å²) in [6, 6.07) is 12.9. The molecule has 1 fully saturated rings. The number of hydrogen-bond acceptors (Lipinski definition) is 5. The molecule has 0 aliphatic carbocycles. The smallest absolute Gasteiger partial charge is 0.270 e. The summed E-state index contributed by atoms with van der Waals surface area (Å²) < 4.78 is 0. The van der Waals surface area contributed by atoms with Gasteiger partial charge in [-0.1, -0.05) is 24.3 Å². The lowest BCUT2D eigenvalue weighted by molar-refractivity contribution is -0.384. The molecule has 0 spiro atoms. The van der Waals surface area contributed by atoms with Crippen LogP contribution in [-0.4, -0.2) is 39.8 Å². The Morgan fingerprint density at radius 2 is 1.83 bits per heavy atom. The van der Waals surface area contributed by atoms with Gasteiger partial charge in [-0.3, -0.25) is 25.0 Å². The predicted molar refractivity (Wildman–Crippen MR) is 118 cm³/mol. The molecule has 1 aliphatic rings. The maximum atomic E-state index is 12.7. The summed E-state index contributed by atoms with van der Waals surface area (Å²) in [7, 11) is 0. The van der Waals surface area contributed by atoms with Gasteiger partial charge >= 0.3 is 0 Å². The molecule has 0 aromatic heterocycles. The van der Waals surface area contributed by atoms with E-state index in [1.165, 1.54) is 30.4 Å². The van der Waals surface area contributed by atoms with Crippen molar-refractivity contribution < 1.29 is 14.5 Å². The first-order valence-corrected chi connectivity index (χ1v) is 9.77. The molecule has 8 nitrogen and oxygen atoms in total. The molecular formula is C21H20N4O4S. The fourth-order valence-corrected chi connectivity index (χ4v) is 3.30. The van der Waals surface area contributed by atoms with E-state index in [2.05, 4.69) is 10.6 Å². The van der Waals surface area contributed by atoms with Crippen LogP contribution in [0.1, 0.15) is 28.8 Å². The summed E-state index contributed by atoms with van der Waals surface area (Å²) in [6.07, 6.45) is 4.67. The number of likely N-dealkylation sites (tertiary alicyclic amines) is 1. The van der Waals surface area contributed by atoms with Gasteiger partial charge in [0.05, 0.1) is 16.2 Å². The maximum absolute atomic E-state index is 12.7. The van der Waals surface area contributed by atoms with Crippen LogP contribution >= 0.6 is 12.2 Å². The molecule has 0 unspecified atom stereocenters. The Labute approximate surface area is 178 Å². The number of anilines is 1. The van der Waals surface area contributed by atoms with Crippen LogP contribution in [0.5, 0.6) is 0 Å². The van der Waals surface area contributed by atoms with E-state index in [0.29, 0.717) is 16.8 Å². The van der Waals surface area contributed by atoms with Crippen molar-refractivity contribution in [3.8, 4) is 0 Å². The third kappa shape index (κ3) is 5.48. The number of hydrogen-bond donors (Lipinski definition) is 2. The van der Waals surface area contributed by atoms with E-state index in [4.69, 9.17) is 12.2 Å². The number of carbonyl (C=O) groups excluding carboxylic acids is 2. The highest BCUT2D eigenvalue weighted by molar-refractivity contribution is 7.80. The number of nitro benzene ring substituents is 1. The molecule has 2 aromatic carbocycles. The molecule has 0 atom stereocenters. The molecule has 0 radical (unpaired) electrons. The zero-order valence-corrected chi connectivity index (χ0v) is 16.9. The number of benzene rings is 2. The van der Waals surface area contributed by atoms with Gasteiger partial charge in [0.1, 0.15) is 0 Å². The second-order valence-electron chi connectivity index (χ2n) is 6.67. The van der Waals surface area contributed by atoms with E-state index in [1.807, 2.05) is 0 Å². The third-order valence-corrected chi connectivity index (χ3v) is 4.75. The number of nitrogens with zero attached hydrogens (tertiary/aromatic N) is 2. The molecule has 1 aliphatic heterocycles. The van der Waals surface area contributed by atoms with E-state index >= 15 is 0 Å². The number of non-ortho nitro benzene ring substituents is 1. The third-order valence-electron chi connectivity index (χ3n) is 4.54. The van der Waals surface area contributed by atoms with Crippen LogP contribution in [0.2, 0.25) is 0 Å². The zero-order valence-electron chi connectivity index (χ0n) is 16.0. The van der Waals surface area contributed by atoms with Crippen molar-refractivity contribution >= 4 is 46.6 Å². The van der Waals surface area contributed by atoms with Crippen molar-refractivity contribution in [3.05, 3.63) is 75.8 Å². The van der Waals surface area contributed by atoms with Crippen molar-refractivity contribution in [1.29, 1.82) is 0 Å². The largest absolute Gasteiger partial charge is 0.339 e. The molecule has 0 saturated carbocycles. The zero-order chi connectivity index (χ0) is 21.5. The molecule has 2 aromatic rings. The van der Waals surface area contributed by atoms with Gasteiger partial charge in [0.25, 0.3) is 11.6 Å². The number of thiocarbonyl (C=S) groups is 1. The average molecular weight is 424 g/mol. The van der Waals surface area contributed by atoms with Crippen LogP contribution in [-0.2, 0) is 4.79 Å². The Morgan fingerprint density at radius 1 is 1.10 bits per heavy atom. The number of carbonyl (C=O) groups is 2. The van der Waals surface area contributed by atoms with Crippen LogP contribution < -0.4 is 10.6 Å². The predicted octanol–water partition coefficient (Wildman–Crippen LogP) is 3.36. The highest BCUT2D eigenvalue weighted by Gasteiger charge is 2.22. The van der Waals surface area contributed by atoms with E-state index in [0.717, 1.165) is 25.9 Å². The number of para-hydroxylation sites is 1. The molecule has 2 amide bonds. The Balaban J connectivity index is 1.62. The van der Waals surface area contributed by atoms with Gasteiger partial charge in [-0.2, -0.15) is 0 Å². The van der Waals surface area contributed by atoms with E-state index in [1.54, 1.807) is 35.2 Å². The lowest BCUT2D eigenvalue weighted by Gasteiger charge is -2.18. The molecule has 2 N–H and O–H groups in total. The Hall–Kier alpha value is -3.59. The number of amides is 2. The van der Waals surface area contributed by atoms with Crippen LogP contribution in [0.15, 0.2) is 54.6 Å². The van der Waals surface area contributed by atoms with Crippen LogP contribution in [0, 0.1) is 10.1 Å². The standard InChI is InChI=1S/C21H20N4O4S/c26-19(11-10-15-6-5-7-16(14-15)25(28)29)23-21(30)22-18-9-2-1-8-17(18)20(27)24-12-3-4-13-24/h1-2,5-11,14H,3-4,12-13H2,(H2,22,23,26,30)/b11-10+. The van der Waals surface area contributed by atoms with E-state index in [9.17, 15) is 19.7 Å². The summed E-state index contributed by atoms with van der Waals surface area (Å²) >= 11 is 5.19. The van der Waals surface area contributed by atoms with Gasteiger partial charge in [0.2, 0.25) is 5.91 Å². The quantitative estimate of drug-likeness (QED) is 0.330. The van der Waals surface area contributed by atoms with Crippen molar-refractivity contribution in [2.45, 2.75) is 12.8 Å². The van der Waals surface area contributed by atoms with Gasteiger partial charge in [0, 0.05) is 31.3 Å². The minimum atomic E-state index is -0.503. The van der Waals surface area contributed by atoms with Gasteiger partial charge in [-0.05, 0) is 48.8 Å². The topological polar surface area (TPSA) is 105 Å². The second kappa shape index (κ2) is 9.75. The van der Waals surface area contributed by atoms with Crippen molar-refractivity contribution in [1.82, 2.24) is 10.2 Å². The summed E-state index contributed by atoms with van der Waals surface area (Å²) in [5, 5.41) is 16.3. The normalized spacial score (nSPS) is 13.3. The Bertz CT molecular complexity index is 1020. The molecule has 1 heterocycles. The first kappa shape index (κ1) is 21.1. The fraction of sp³-hybridized carbons (Fsp3) is 0.190. The molecular weight excluding hydrogens is 404 g/mol. The minimum Gasteiger partial charge on any atom is -0.339 e. The Kier molecular flexibility index (Phi) is 6.87. The van der Waals surface area contributed by atoms with Crippen molar-refractivity contribution in [3.63, 3.8) is 0 Å². The highest BCUT2D eigenvalue weighted by atomic mass is 32.1. The second-order valence-corrected chi connectivity index (χ2v) is 7.08. The van der Waals surface area contributed by atoms with Crippen LogP contribution in [0.25, 0.3) is 6.08 Å². The van der Waals surface area contributed by atoms with Crippen molar-refractivity contribution in [2.24, 2.45) is 0 Å². The average Bonchev–Trinajstić information content (AvgIpc) is 3.27. The van der Waals surface area contributed by atoms with Gasteiger partial charge in [-0.15, -0.1) is 0 Å². The monoisotopic (exact) mass is 424 g/mol. The molecule has 3 rings (SSSR count). The van der Waals surface area contributed by atoms with Crippen molar-refractivity contribution in [2.75, 3.05) is 18.4 Å². The summed E-state index contributed by atoms with van der Waals surface area (Å²) in [5.41, 5.74) is 1.46. The molecule has 1 saturated heterocycles. The minimum absolute atomic E-state index is 0.0466.